The third-order valence-electron chi connectivity index (χ3n) is 6.44. The predicted molar refractivity (Wildman–Crippen MR) is 132 cm³/mol. The smallest absolute Gasteiger partial charge is 0.379 e. The van der Waals surface area contributed by atoms with Gasteiger partial charge < -0.3 is 19.9 Å². The van der Waals surface area contributed by atoms with Crippen molar-refractivity contribution >= 4 is 28.2 Å². The second-order valence-electron chi connectivity index (χ2n) is 9.50. The van der Waals surface area contributed by atoms with Gasteiger partial charge in [0.25, 0.3) is 5.56 Å². The van der Waals surface area contributed by atoms with E-state index >= 15 is 0 Å². The van der Waals surface area contributed by atoms with Crippen LogP contribution in [-0.2, 0) is 38.4 Å². The monoisotopic (exact) mass is 596 g/mol. The van der Waals surface area contributed by atoms with E-state index in [0.717, 1.165) is 18.5 Å². The lowest BCUT2D eigenvalue weighted by Gasteiger charge is -2.41. The second kappa shape index (κ2) is 11.7. The fourth-order valence-corrected chi connectivity index (χ4v) is 6.04. The molecule has 2 aliphatic heterocycles. The minimum absolute atomic E-state index is 0.0212. The van der Waals surface area contributed by atoms with Crippen LogP contribution in [-0.4, -0.2) is 80.9 Å². The number of ether oxygens (including phenoxy) is 1. The summed E-state index contributed by atoms with van der Waals surface area (Å²) in [6.45, 7) is 2.24. The molecule has 0 aromatic carbocycles. The number of pyridine rings is 1. The van der Waals surface area contributed by atoms with Gasteiger partial charge in [0.2, 0.25) is 5.91 Å². The first-order valence-corrected chi connectivity index (χ1v) is 13.7. The Bertz CT molecular complexity index is 1320. The number of carbonyl (C=O) groups is 1. The Morgan fingerprint density at radius 1 is 1.23 bits per heavy atom. The number of amides is 1. The molecular formula is C23H26F6N6O4S. The van der Waals surface area contributed by atoms with Gasteiger partial charge in [0, 0.05) is 54.0 Å². The third-order valence-corrected chi connectivity index (χ3v) is 7.83. The number of nitrogens with one attached hydrogen (secondary N) is 2. The van der Waals surface area contributed by atoms with Crippen molar-refractivity contribution in [2.24, 2.45) is 0 Å². The van der Waals surface area contributed by atoms with Gasteiger partial charge in [-0.15, -0.1) is 0 Å². The predicted octanol–water partition coefficient (Wildman–Crippen LogP) is 2.39. The van der Waals surface area contributed by atoms with Crippen LogP contribution in [0.5, 0.6) is 0 Å². The first kappa shape index (κ1) is 29.8. The van der Waals surface area contributed by atoms with E-state index < -0.39 is 51.6 Å². The molecular weight excluding hydrogens is 570 g/mol. The average molecular weight is 597 g/mol. The fraction of sp³-hybridized carbons (Fsp3) is 0.565. The van der Waals surface area contributed by atoms with E-state index in [2.05, 4.69) is 15.4 Å². The van der Waals surface area contributed by atoms with E-state index in [1.54, 1.807) is 14.9 Å². The topological polar surface area (TPSA) is 121 Å². The SMILES string of the molecule is C[C@@H](COCCC(=O)N1CCN2c3ncc(C(F)(F)F)cc3CS(=O)C[C@H]2C1)Nc1cn[nH]c(=O)c1C(F)(F)F. The summed E-state index contributed by atoms with van der Waals surface area (Å²) in [5.74, 6) is 0.183. The van der Waals surface area contributed by atoms with Gasteiger partial charge in [-0.2, -0.15) is 31.4 Å². The van der Waals surface area contributed by atoms with Crippen LogP contribution in [0.25, 0.3) is 0 Å². The molecule has 1 saturated heterocycles. The first-order chi connectivity index (χ1) is 18.7. The largest absolute Gasteiger partial charge is 0.423 e. The summed E-state index contributed by atoms with van der Waals surface area (Å²) >= 11 is 0. The molecule has 4 heterocycles. The van der Waals surface area contributed by atoms with Crippen LogP contribution in [0.4, 0.5) is 37.8 Å². The highest BCUT2D eigenvalue weighted by Crippen LogP contribution is 2.35. The van der Waals surface area contributed by atoms with Gasteiger partial charge >= 0.3 is 12.4 Å². The molecule has 0 radical (unpaired) electrons. The quantitative estimate of drug-likeness (QED) is 0.370. The van der Waals surface area contributed by atoms with Crippen molar-refractivity contribution in [1.29, 1.82) is 0 Å². The Morgan fingerprint density at radius 2 is 1.98 bits per heavy atom. The van der Waals surface area contributed by atoms with Crippen LogP contribution < -0.4 is 15.8 Å². The highest BCUT2D eigenvalue weighted by Gasteiger charge is 2.39. The number of alkyl halides is 6. The minimum Gasteiger partial charge on any atom is -0.379 e. The molecule has 2 aliphatic rings. The van der Waals surface area contributed by atoms with Gasteiger partial charge in [-0.05, 0) is 13.0 Å². The van der Waals surface area contributed by atoms with E-state index in [9.17, 15) is 40.1 Å². The zero-order valence-corrected chi connectivity index (χ0v) is 22.0. The van der Waals surface area contributed by atoms with Gasteiger partial charge in [-0.1, -0.05) is 0 Å². The molecule has 0 bridgehead atoms. The van der Waals surface area contributed by atoms with Crippen LogP contribution in [0.15, 0.2) is 23.3 Å². The average Bonchev–Trinajstić information content (AvgIpc) is 2.99. The zero-order valence-electron chi connectivity index (χ0n) is 21.1. The summed E-state index contributed by atoms with van der Waals surface area (Å²) < 4.78 is 97.0. The summed E-state index contributed by atoms with van der Waals surface area (Å²) in [6, 6.07) is -0.0572. The number of halogens is 6. The number of hydrogen-bond acceptors (Lipinski definition) is 8. The standard InChI is InChI=1S/C23H26F6N6O4S/c1-13(32-17-8-31-33-21(37)19(17)23(27,28)29)10-39-5-2-18(36)34-3-4-35-16(9-34)12-40(38)11-14-6-15(22(24,25)26)7-30-20(14)35/h6-8,13,16H,2-5,9-12H2,1H3,(H2,32,33,37)/t13-,16+,40?/m0/s1. The summed E-state index contributed by atoms with van der Waals surface area (Å²) in [6.07, 6.45) is -7.87. The Balaban J connectivity index is 1.29. The number of H-pyrrole nitrogens is 1. The summed E-state index contributed by atoms with van der Waals surface area (Å²) in [7, 11) is -1.45. The summed E-state index contributed by atoms with van der Waals surface area (Å²) in [4.78, 5) is 31.8. The minimum atomic E-state index is -4.88. The maximum Gasteiger partial charge on any atom is 0.423 e. The molecule has 10 nitrogen and oxygen atoms in total. The van der Waals surface area contributed by atoms with Crippen LogP contribution in [0.1, 0.15) is 30.0 Å². The molecule has 0 saturated carbocycles. The fourth-order valence-electron chi connectivity index (χ4n) is 4.65. The molecule has 4 rings (SSSR count). The number of fused-ring (bicyclic) bond motifs is 3. The molecule has 2 aromatic heterocycles. The maximum absolute atomic E-state index is 13.2. The van der Waals surface area contributed by atoms with Gasteiger partial charge in [-0.25, -0.2) is 10.1 Å². The highest BCUT2D eigenvalue weighted by molar-refractivity contribution is 7.84. The molecule has 2 N–H and O–H groups in total. The Labute approximate surface area is 226 Å². The highest BCUT2D eigenvalue weighted by atomic mass is 32.2. The van der Waals surface area contributed by atoms with Crippen molar-refractivity contribution in [3.8, 4) is 0 Å². The number of hydrogen-bond donors (Lipinski definition) is 2. The molecule has 17 heteroatoms. The number of rotatable bonds is 7. The zero-order chi connectivity index (χ0) is 29.2. The number of aromatic nitrogens is 3. The second-order valence-corrected chi connectivity index (χ2v) is 11.0. The van der Waals surface area contributed by atoms with Crippen LogP contribution in [0.2, 0.25) is 0 Å². The number of carbonyl (C=O) groups excluding carboxylic acids is 1. The van der Waals surface area contributed by atoms with Crippen molar-refractivity contribution < 1.29 is 40.1 Å². The van der Waals surface area contributed by atoms with Gasteiger partial charge in [-0.3, -0.25) is 13.8 Å². The molecule has 1 unspecified atom stereocenters. The van der Waals surface area contributed by atoms with Crippen LogP contribution >= 0.6 is 0 Å². The normalized spacial score (nSPS) is 20.4. The number of piperazine rings is 1. The molecule has 3 atom stereocenters. The molecule has 40 heavy (non-hydrogen) atoms. The van der Waals surface area contributed by atoms with E-state index in [1.165, 1.54) is 6.92 Å². The first-order valence-electron chi connectivity index (χ1n) is 12.2. The molecule has 0 aliphatic carbocycles. The molecule has 2 aromatic rings. The lowest BCUT2D eigenvalue weighted by molar-refractivity contribution is -0.138. The summed E-state index contributed by atoms with van der Waals surface area (Å²) in [5, 5.41) is 7.68. The van der Waals surface area contributed by atoms with Crippen molar-refractivity contribution in [2.75, 3.05) is 48.8 Å². The Morgan fingerprint density at radius 3 is 2.67 bits per heavy atom. The number of aromatic amines is 1. The van der Waals surface area contributed by atoms with Crippen LogP contribution in [0.3, 0.4) is 0 Å². The molecule has 220 valence electrons. The van der Waals surface area contributed by atoms with Crippen molar-refractivity contribution in [3.63, 3.8) is 0 Å². The Hall–Kier alpha value is -3.21. The van der Waals surface area contributed by atoms with E-state index in [-0.39, 0.29) is 61.7 Å². The van der Waals surface area contributed by atoms with Gasteiger partial charge in [0.05, 0.1) is 48.9 Å². The Kier molecular flexibility index (Phi) is 8.72. The van der Waals surface area contributed by atoms with Crippen molar-refractivity contribution in [1.82, 2.24) is 20.1 Å². The maximum atomic E-state index is 13.2. The van der Waals surface area contributed by atoms with E-state index in [4.69, 9.17) is 4.74 Å². The van der Waals surface area contributed by atoms with E-state index in [1.807, 2.05) is 0 Å². The van der Waals surface area contributed by atoms with Gasteiger partial charge in [0.15, 0.2) is 0 Å². The molecule has 1 amide bonds. The third kappa shape index (κ3) is 6.92. The van der Waals surface area contributed by atoms with Gasteiger partial charge in [0.1, 0.15) is 11.4 Å². The number of nitrogens with zero attached hydrogens (tertiary/aromatic N) is 4. The van der Waals surface area contributed by atoms with Crippen LogP contribution in [0, 0.1) is 0 Å². The lowest BCUT2D eigenvalue weighted by Crippen LogP contribution is -2.56. The van der Waals surface area contributed by atoms with Crippen molar-refractivity contribution in [2.45, 2.75) is 43.5 Å². The number of anilines is 2. The molecule has 0 spiro atoms. The molecule has 1 fully saturated rings. The van der Waals surface area contributed by atoms with E-state index in [0.29, 0.717) is 12.4 Å². The summed E-state index contributed by atoms with van der Waals surface area (Å²) in [5.41, 5.74) is -3.92. The lowest BCUT2D eigenvalue weighted by atomic mass is 10.1. The van der Waals surface area contributed by atoms with Crippen molar-refractivity contribution in [3.05, 3.63) is 45.5 Å².